The standard InChI is InChI=1S/C15H26N2O3S/c1-4-6-9-17(3)21(18,19)14-7-8-15(20-10-5-2)13(11-14)12-16/h7-8,11H,4-6,9-10,12,16H2,1-3H3. The number of sulfonamides is 1. The Bertz CT molecular complexity index is 544. The lowest BCUT2D eigenvalue weighted by atomic mass is 10.2. The number of ether oxygens (including phenoxy) is 1. The van der Waals surface area contributed by atoms with E-state index in [0.29, 0.717) is 24.5 Å². The van der Waals surface area contributed by atoms with Gasteiger partial charge in [0.15, 0.2) is 0 Å². The van der Waals surface area contributed by atoms with Gasteiger partial charge in [-0.3, -0.25) is 0 Å². The first-order valence-corrected chi connectivity index (χ1v) is 8.83. The summed E-state index contributed by atoms with van der Waals surface area (Å²) >= 11 is 0. The highest BCUT2D eigenvalue weighted by Crippen LogP contribution is 2.24. The predicted molar refractivity (Wildman–Crippen MR) is 84.8 cm³/mol. The number of hydrogen-bond donors (Lipinski definition) is 1. The van der Waals surface area contributed by atoms with Crippen molar-refractivity contribution in [3.05, 3.63) is 23.8 Å². The Kier molecular flexibility index (Phi) is 7.14. The van der Waals surface area contributed by atoms with E-state index < -0.39 is 10.0 Å². The van der Waals surface area contributed by atoms with Crippen LogP contribution in [-0.4, -0.2) is 32.9 Å². The number of nitrogens with zero attached hydrogens (tertiary/aromatic N) is 1. The van der Waals surface area contributed by atoms with Crippen molar-refractivity contribution in [3.8, 4) is 5.75 Å². The largest absolute Gasteiger partial charge is 0.493 e. The molecule has 0 spiro atoms. The maximum absolute atomic E-state index is 12.5. The molecule has 0 heterocycles. The number of nitrogens with two attached hydrogens (primary N) is 1. The van der Waals surface area contributed by atoms with Crippen LogP contribution in [0.15, 0.2) is 23.1 Å². The average Bonchev–Trinajstić information content (AvgIpc) is 2.50. The van der Waals surface area contributed by atoms with Gasteiger partial charge in [-0.1, -0.05) is 20.3 Å². The molecule has 0 bridgehead atoms. The van der Waals surface area contributed by atoms with Crippen molar-refractivity contribution in [1.82, 2.24) is 4.31 Å². The number of benzene rings is 1. The second-order valence-electron chi connectivity index (χ2n) is 5.00. The Hall–Kier alpha value is -1.11. The molecule has 5 nitrogen and oxygen atoms in total. The molecule has 0 saturated carbocycles. The molecule has 2 N–H and O–H groups in total. The molecule has 1 rings (SSSR count). The summed E-state index contributed by atoms with van der Waals surface area (Å²) in [5, 5.41) is 0. The fourth-order valence-electron chi connectivity index (χ4n) is 1.91. The first-order chi connectivity index (χ1) is 9.97. The second-order valence-corrected chi connectivity index (χ2v) is 7.05. The molecular weight excluding hydrogens is 288 g/mol. The fourth-order valence-corrected chi connectivity index (χ4v) is 3.17. The third-order valence-corrected chi connectivity index (χ3v) is 5.10. The Morgan fingerprint density at radius 1 is 1.24 bits per heavy atom. The lowest BCUT2D eigenvalue weighted by molar-refractivity contribution is 0.314. The van der Waals surface area contributed by atoms with Gasteiger partial charge in [-0.05, 0) is 31.0 Å². The van der Waals surface area contributed by atoms with Crippen molar-refractivity contribution >= 4 is 10.0 Å². The molecule has 0 atom stereocenters. The number of unbranched alkanes of at least 4 members (excludes halogenated alkanes) is 1. The van der Waals surface area contributed by atoms with Gasteiger partial charge in [0.2, 0.25) is 10.0 Å². The second kappa shape index (κ2) is 8.36. The SMILES string of the molecule is CCCCN(C)S(=O)(=O)c1ccc(OCCC)c(CN)c1. The normalized spacial score (nSPS) is 11.9. The molecule has 0 aromatic heterocycles. The van der Waals surface area contributed by atoms with Gasteiger partial charge in [-0.2, -0.15) is 0 Å². The molecule has 21 heavy (non-hydrogen) atoms. The molecule has 1 aromatic rings. The minimum Gasteiger partial charge on any atom is -0.493 e. The highest BCUT2D eigenvalue weighted by Gasteiger charge is 2.21. The van der Waals surface area contributed by atoms with Crippen LogP contribution in [0.3, 0.4) is 0 Å². The molecule has 0 amide bonds. The molecule has 6 heteroatoms. The zero-order chi connectivity index (χ0) is 15.9. The topological polar surface area (TPSA) is 72.6 Å². The summed E-state index contributed by atoms with van der Waals surface area (Å²) in [4.78, 5) is 0.269. The van der Waals surface area contributed by atoms with Crippen LogP contribution in [0.1, 0.15) is 38.7 Å². The van der Waals surface area contributed by atoms with E-state index in [2.05, 4.69) is 0 Å². The Balaban J connectivity index is 3.02. The zero-order valence-corrected chi connectivity index (χ0v) is 13.9. The molecule has 0 unspecified atom stereocenters. The third kappa shape index (κ3) is 4.69. The van der Waals surface area contributed by atoms with Crippen LogP contribution in [0.5, 0.6) is 5.75 Å². The molecule has 0 aliphatic heterocycles. The smallest absolute Gasteiger partial charge is 0.242 e. The van der Waals surface area contributed by atoms with Crippen LogP contribution in [0.4, 0.5) is 0 Å². The molecular formula is C15H26N2O3S. The first-order valence-electron chi connectivity index (χ1n) is 7.39. The van der Waals surface area contributed by atoms with Crippen LogP contribution < -0.4 is 10.5 Å². The van der Waals surface area contributed by atoms with E-state index in [9.17, 15) is 8.42 Å². The average molecular weight is 314 g/mol. The van der Waals surface area contributed by atoms with E-state index in [4.69, 9.17) is 10.5 Å². The first kappa shape index (κ1) is 17.9. The van der Waals surface area contributed by atoms with E-state index in [1.165, 1.54) is 4.31 Å². The van der Waals surface area contributed by atoms with Crippen molar-refractivity contribution in [3.63, 3.8) is 0 Å². The summed E-state index contributed by atoms with van der Waals surface area (Å²) in [5.41, 5.74) is 6.42. The highest BCUT2D eigenvalue weighted by atomic mass is 32.2. The minimum absolute atomic E-state index is 0.251. The summed E-state index contributed by atoms with van der Waals surface area (Å²) in [6.07, 6.45) is 2.69. The molecule has 120 valence electrons. The Labute approximate surface area is 128 Å². The van der Waals surface area contributed by atoms with Crippen LogP contribution >= 0.6 is 0 Å². The summed E-state index contributed by atoms with van der Waals surface area (Å²) in [6, 6.07) is 4.89. The van der Waals surface area contributed by atoms with Crippen LogP contribution in [0.2, 0.25) is 0 Å². The maximum Gasteiger partial charge on any atom is 0.242 e. The number of hydrogen-bond acceptors (Lipinski definition) is 4. The van der Waals surface area contributed by atoms with Crippen LogP contribution in [-0.2, 0) is 16.6 Å². The van der Waals surface area contributed by atoms with E-state index in [1.807, 2.05) is 13.8 Å². The van der Waals surface area contributed by atoms with E-state index >= 15 is 0 Å². The summed E-state index contributed by atoms with van der Waals surface area (Å²) in [5.74, 6) is 0.662. The lowest BCUT2D eigenvalue weighted by Crippen LogP contribution is -2.28. The van der Waals surface area contributed by atoms with Crippen molar-refractivity contribution in [1.29, 1.82) is 0 Å². The van der Waals surface area contributed by atoms with Crippen molar-refractivity contribution < 1.29 is 13.2 Å². The quantitative estimate of drug-likeness (QED) is 0.759. The van der Waals surface area contributed by atoms with Gasteiger partial charge in [0.25, 0.3) is 0 Å². The third-order valence-electron chi connectivity index (χ3n) is 3.25. The Morgan fingerprint density at radius 3 is 2.52 bits per heavy atom. The predicted octanol–water partition coefficient (Wildman–Crippen LogP) is 2.35. The van der Waals surface area contributed by atoms with Crippen LogP contribution in [0.25, 0.3) is 0 Å². The minimum atomic E-state index is -3.46. The summed E-state index contributed by atoms with van der Waals surface area (Å²) < 4.78 is 31.9. The van der Waals surface area contributed by atoms with E-state index in [1.54, 1.807) is 25.2 Å². The molecule has 0 aliphatic rings. The van der Waals surface area contributed by atoms with Crippen LogP contribution in [0, 0.1) is 0 Å². The van der Waals surface area contributed by atoms with Crippen molar-refractivity contribution in [2.45, 2.75) is 44.6 Å². The summed E-state index contributed by atoms with van der Waals surface area (Å²) in [7, 11) is -1.85. The van der Waals surface area contributed by atoms with Gasteiger partial charge in [0, 0.05) is 25.7 Å². The Morgan fingerprint density at radius 2 is 1.95 bits per heavy atom. The molecule has 0 saturated heterocycles. The molecule has 0 aliphatic carbocycles. The van der Waals surface area contributed by atoms with E-state index in [0.717, 1.165) is 19.3 Å². The van der Waals surface area contributed by atoms with Gasteiger partial charge < -0.3 is 10.5 Å². The maximum atomic E-state index is 12.5. The van der Waals surface area contributed by atoms with Gasteiger partial charge in [0.05, 0.1) is 11.5 Å². The molecule has 0 fully saturated rings. The van der Waals surface area contributed by atoms with Gasteiger partial charge in [-0.25, -0.2) is 12.7 Å². The lowest BCUT2D eigenvalue weighted by Gasteiger charge is -2.18. The van der Waals surface area contributed by atoms with Gasteiger partial charge in [0.1, 0.15) is 5.75 Å². The zero-order valence-electron chi connectivity index (χ0n) is 13.1. The van der Waals surface area contributed by atoms with Gasteiger partial charge in [-0.15, -0.1) is 0 Å². The van der Waals surface area contributed by atoms with E-state index in [-0.39, 0.29) is 11.4 Å². The number of rotatable bonds is 9. The van der Waals surface area contributed by atoms with Crippen molar-refractivity contribution in [2.24, 2.45) is 5.73 Å². The van der Waals surface area contributed by atoms with Crippen molar-refractivity contribution in [2.75, 3.05) is 20.2 Å². The highest BCUT2D eigenvalue weighted by molar-refractivity contribution is 7.89. The summed E-state index contributed by atoms with van der Waals surface area (Å²) in [6.45, 7) is 5.41. The monoisotopic (exact) mass is 314 g/mol. The van der Waals surface area contributed by atoms with Gasteiger partial charge >= 0.3 is 0 Å². The molecule has 0 radical (unpaired) electrons. The molecule has 1 aromatic carbocycles. The fraction of sp³-hybridized carbons (Fsp3) is 0.600.